The van der Waals surface area contributed by atoms with Crippen LogP contribution in [-0.2, 0) is 4.79 Å². The molecule has 0 saturated carbocycles. The minimum atomic E-state index is -0.0656. The molecule has 1 saturated heterocycles. The van der Waals surface area contributed by atoms with Gasteiger partial charge in [0.25, 0.3) is 5.91 Å². The van der Waals surface area contributed by atoms with Crippen molar-refractivity contribution in [1.29, 1.82) is 0 Å². The number of carbonyl (C=O) groups excluding carboxylic acids is 2. The van der Waals surface area contributed by atoms with E-state index in [1.165, 1.54) is 0 Å². The first-order valence-corrected chi connectivity index (χ1v) is 8.11. The van der Waals surface area contributed by atoms with Crippen LogP contribution in [0.15, 0.2) is 6.07 Å². The van der Waals surface area contributed by atoms with Crippen LogP contribution < -0.4 is 4.90 Å². The van der Waals surface area contributed by atoms with Gasteiger partial charge in [0.15, 0.2) is 0 Å². The second-order valence-corrected chi connectivity index (χ2v) is 5.63. The Morgan fingerprint density at radius 3 is 2.26 bits per heavy atom. The summed E-state index contributed by atoms with van der Waals surface area (Å²) in [6, 6.07) is 1.76. The first kappa shape index (κ1) is 17.2. The maximum absolute atomic E-state index is 12.5. The van der Waals surface area contributed by atoms with E-state index >= 15 is 0 Å². The molecule has 2 heterocycles. The predicted molar refractivity (Wildman–Crippen MR) is 88.5 cm³/mol. The van der Waals surface area contributed by atoms with Gasteiger partial charge in [0.2, 0.25) is 5.91 Å². The number of rotatable bonds is 4. The van der Waals surface area contributed by atoms with Crippen molar-refractivity contribution in [2.24, 2.45) is 0 Å². The summed E-state index contributed by atoms with van der Waals surface area (Å²) in [6.07, 6.45) is 0. The highest BCUT2D eigenvalue weighted by atomic mass is 16.2. The molecule has 7 heteroatoms. The van der Waals surface area contributed by atoms with Gasteiger partial charge in [-0.2, -0.15) is 0 Å². The Balaban J connectivity index is 2.18. The van der Waals surface area contributed by atoms with Crippen molar-refractivity contribution in [3.05, 3.63) is 17.6 Å². The molecule has 2 rings (SSSR count). The fourth-order valence-electron chi connectivity index (χ4n) is 2.75. The van der Waals surface area contributed by atoms with Crippen molar-refractivity contribution in [3.63, 3.8) is 0 Å². The molecule has 1 aromatic heterocycles. The van der Waals surface area contributed by atoms with Gasteiger partial charge in [0.1, 0.15) is 17.3 Å². The number of hydrogen-bond acceptors (Lipinski definition) is 5. The number of anilines is 1. The summed E-state index contributed by atoms with van der Waals surface area (Å²) < 4.78 is 0. The Bertz CT molecular complexity index is 578. The maximum atomic E-state index is 12.5. The Morgan fingerprint density at radius 1 is 1.13 bits per heavy atom. The molecule has 2 amide bonds. The van der Waals surface area contributed by atoms with E-state index in [4.69, 9.17) is 0 Å². The van der Waals surface area contributed by atoms with Crippen LogP contribution in [0.25, 0.3) is 0 Å². The third kappa shape index (κ3) is 3.97. The van der Waals surface area contributed by atoms with Gasteiger partial charge < -0.3 is 14.7 Å². The highest BCUT2D eigenvalue weighted by Gasteiger charge is 2.22. The molecular weight excluding hydrogens is 294 g/mol. The van der Waals surface area contributed by atoms with Gasteiger partial charge in [-0.3, -0.25) is 9.59 Å². The van der Waals surface area contributed by atoms with Gasteiger partial charge in [0, 0.05) is 52.3 Å². The lowest BCUT2D eigenvalue weighted by atomic mass is 10.2. The average Bonchev–Trinajstić information content (AvgIpc) is 2.55. The number of amides is 2. The van der Waals surface area contributed by atoms with Crippen molar-refractivity contribution in [2.45, 2.75) is 27.7 Å². The molecule has 0 radical (unpaired) electrons. The summed E-state index contributed by atoms with van der Waals surface area (Å²) in [6.45, 7) is 11.4. The number of aromatic nitrogens is 2. The largest absolute Gasteiger partial charge is 0.353 e. The van der Waals surface area contributed by atoms with Crippen LogP contribution in [0.1, 0.15) is 37.1 Å². The summed E-state index contributed by atoms with van der Waals surface area (Å²) in [7, 11) is 0. The molecule has 0 spiro atoms. The quantitative estimate of drug-likeness (QED) is 0.826. The molecule has 0 bridgehead atoms. The second kappa shape index (κ2) is 7.39. The maximum Gasteiger partial charge on any atom is 0.272 e. The zero-order valence-corrected chi connectivity index (χ0v) is 14.4. The van der Waals surface area contributed by atoms with Crippen molar-refractivity contribution >= 4 is 17.6 Å². The third-order valence-corrected chi connectivity index (χ3v) is 4.14. The fourth-order valence-corrected chi connectivity index (χ4v) is 2.75. The molecule has 7 nitrogen and oxygen atoms in total. The van der Waals surface area contributed by atoms with E-state index in [1.54, 1.807) is 24.8 Å². The topological polar surface area (TPSA) is 69.6 Å². The number of nitrogens with zero attached hydrogens (tertiary/aromatic N) is 5. The molecule has 0 unspecified atom stereocenters. The molecule has 0 aliphatic carbocycles. The number of hydrogen-bond donors (Lipinski definition) is 0. The molecule has 0 aromatic carbocycles. The highest BCUT2D eigenvalue weighted by molar-refractivity contribution is 5.93. The van der Waals surface area contributed by atoms with Crippen LogP contribution in [-0.4, -0.2) is 70.9 Å². The van der Waals surface area contributed by atoms with E-state index in [2.05, 4.69) is 14.9 Å². The Kier molecular flexibility index (Phi) is 5.52. The summed E-state index contributed by atoms with van der Waals surface area (Å²) in [5, 5.41) is 0. The van der Waals surface area contributed by atoms with Gasteiger partial charge in [-0.25, -0.2) is 9.97 Å². The van der Waals surface area contributed by atoms with Crippen molar-refractivity contribution in [1.82, 2.24) is 19.8 Å². The smallest absolute Gasteiger partial charge is 0.272 e. The van der Waals surface area contributed by atoms with E-state index < -0.39 is 0 Å². The summed E-state index contributed by atoms with van der Waals surface area (Å²) in [4.78, 5) is 38.3. The van der Waals surface area contributed by atoms with Gasteiger partial charge in [-0.05, 0) is 20.8 Å². The van der Waals surface area contributed by atoms with Crippen LogP contribution in [0.4, 0.5) is 5.82 Å². The third-order valence-electron chi connectivity index (χ3n) is 4.14. The zero-order chi connectivity index (χ0) is 17.0. The van der Waals surface area contributed by atoms with E-state index in [0.717, 1.165) is 18.9 Å². The summed E-state index contributed by atoms with van der Waals surface area (Å²) in [5.74, 6) is 1.38. The normalized spacial score (nSPS) is 14.8. The molecule has 126 valence electrons. The van der Waals surface area contributed by atoms with Gasteiger partial charge in [0.05, 0.1) is 0 Å². The SMILES string of the molecule is CCN(CC)C(=O)c1cc(N2CCN(C(C)=O)CC2)nc(C)n1. The number of aryl methyl sites for hydroxylation is 1. The fraction of sp³-hybridized carbons (Fsp3) is 0.625. The monoisotopic (exact) mass is 319 g/mol. The van der Waals surface area contributed by atoms with Crippen LogP contribution in [0.2, 0.25) is 0 Å². The van der Waals surface area contributed by atoms with Crippen LogP contribution in [0, 0.1) is 6.92 Å². The highest BCUT2D eigenvalue weighted by Crippen LogP contribution is 2.16. The van der Waals surface area contributed by atoms with E-state index in [-0.39, 0.29) is 11.8 Å². The number of carbonyl (C=O) groups is 2. The zero-order valence-electron chi connectivity index (χ0n) is 14.4. The van der Waals surface area contributed by atoms with Gasteiger partial charge in [-0.15, -0.1) is 0 Å². The molecule has 1 aliphatic heterocycles. The van der Waals surface area contributed by atoms with Crippen molar-refractivity contribution < 1.29 is 9.59 Å². The first-order valence-electron chi connectivity index (χ1n) is 8.11. The molecule has 23 heavy (non-hydrogen) atoms. The molecule has 0 atom stereocenters. The summed E-state index contributed by atoms with van der Waals surface area (Å²) in [5.41, 5.74) is 0.435. The standard InChI is InChI=1S/C16H25N5O2/c1-5-19(6-2)16(23)14-11-15(18-12(3)17-14)21-9-7-20(8-10-21)13(4)22/h11H,5-10H2,1-4H3. The van der Waals surface area contributed by atoms with Crippen LogP contribution >= 0.6 is 0 Å². The van der Waals surface area contributed by atoms with Crippen molar-refractivity contribution in [2.75, 3.05) is 44.2 Å². The molecular formula is C16H25N5O2. The molecule has 0 N–H and O–H groups in total. The van der Waals surface area contributed by atoms with Crippen LogP contribution in [0.3, 0.4) is 0 Å². The van der Waals surface area contributed by atoms with E-state index in [1.807, 2.05) is 18.7 Å². The predicted octanol–water partition coefficient (Wildman–Crippen LogP) is 0.936. The lowest BCUT2D eigenvalue weighted by Gasteiger charge is -2.35. The summed E-state index contributed by atoms with van der Waals surface area (Å²) >= 11 is 0. The minimum absolute atomic E-state index is 0.0656. The van der Waals surface area contributed by atoms with Gasteiger partial charge in [-0.1, -0.05) is 0 Å². The number of piperazine rings is 1. The molecule has 1 fully saturated rings. The Labute approximate surface area is 137 Å². The van der Waals surface area contributed by atoms with E-state index in [0.29, 0.717) is 37.7 Å². The van der Waals surface area contributed by atoms with E-state index in [9.17, 15) is 9.59 Å². The van der Waals surface area contributed by atoms with Crippen molar-refractivity contribution in [3.8, 4) is 0 Å². The Hall–Kier alpha value is -2.18. The van der Waals surface area contributed by atoms with Gasteiger partial charge >= 0.3 is 0 Å². The second-order valence-electron chi connectivity index (χ2n) is 5.63. The lowest BCUT2D eigenvalue weighted by Crippen LogP contribution is -2.48. The lowest BCUT2D eigenvalue weighted by molar-refractivity contribution is -0.129. The Morgan fingerprint density at radius 2 is 1.74 bits per heavy atom. The van der Waals surface area contributed by atoms with Crippen LogP contribution in [0.5, 0.6) is 0 Å². The molecule has 1 aliphatic rings. The average molecular weight is 319 g/mol. The molecule has 1 aromatic rings. The minimum Gasteiger partial charge on any atom is -0.353 e. The first-order chi connectivity index (χ1) is 11.0.